The first kappa shape index (κ1) is 9.55. The number of hydrogen-bond donors (Lipinski definition) is 0. The molecular weight excluding hydrogens is 156 g/mol. The van der Waals surface area contributed by atoms with E-state index in [1.54, 1.807) is 0 Å². The van der Waals surface area contributed by atoms with Crippen molar-refractivity contribution in [2.24, 2.45) is 16.7 Å². The van der Waals surface area contributed by atoms with Crippen LogP contribution in [-0.4, -0.2) is 0 Å². The summed E-state index contributed by atoms with van der Waals surface area (Å²) in [6, 6.07) is 0. The molecule has 0 N–H and O–H groups in total. The van der Waals surface area contributed by atoms with E-state index < -0.39 is 0 Å². The van der Waals surface area contributed by atoms with Crippen LogP contribution in [0.3, 0.4) is 0 Å². The van der Waals surface area contributed by atoms with Crippen molar-refractivity contribution in [2.45, 2.75) is 65.7 Å². The van der Waals surface area contributed by atoms with Crippen molar-refractivity contribution in [1.29, 1.82) is 0 Å². The van der Waals surface area contributed by atoms with Gasteiger partial charge in [0.15, 0.2) is 0 Å². The van der Waals surface area contributed by atoms with E-state index >= 15 is 0 Å². The first-order valence-electron chi connectivity index (χ1n) is 6.08. The van der Waals surface area contributed by atoms with Crippen LogP contribution in [0.5, 0.6) is 0 Å². The molecule has 2 unspecified atom stereocenters. The Bertz CT molecular complexity index is 190. The van der Waals surface area contributed by atoms with Crippen LogP contribution in [0, 0.1) is 16.7 Å². The first-order valence-corrected chi connectivity index (χ1v) is 6.08. The van der Waals surface area contributed by atoms with Gasteiger partial charge in [0, 0.05) is 0 Å². The average Bonchev–Trinajstić information content (AvgIpc) is 2.83. The molecule has 1 spiro atoms. The Morgan fingerprint density at radius 1 is 1.23 bits per heavy atom. The fraction of sp³-hybridized carbons (Fsp3) is 1.00. The lowest BCUT2D eigenvalue weighted by Gasteiger charge is -2.31. The van der Waals surface area contributed by atoms with Gasteiger partial charge >= 0.3 is 0 Å². The third kappa shape index (κ3) is 1.92. The van der Waals surface area contributed by atoms with Crippen LogP contribution >= 0.6 is 0 Å². The van der Waals surface area contributed by atoms with Crippen molar-refractivity contribution < 1.29 is 0 Å². The lowest BCUT2D eigenvalue weighted by Crippen LogP contribution is -2.19. The molecule has 2 saturated carbocycles. The molecule has 0 heterocycles. The Balaban J connectivity index is 2.10. The minimum Gasteiger partial charge on any atom is -0.0649 e. The summed E-state index contributed by atoms with van der Waals surface area (Å²) < 4.78 is 0. The fourth-order valence-corrected chi connectivity index (χ4v) is 3.43. The molecule has 0 radical (unpaired) electrons. The molecule has 76 valence electrons. The highest BCUT2D eigenvalue weighted by atomic mass is 14.5. The molecule has 13 heavy (non-hydrogen) atoms. The number of hydrogen-bond acceptors (Lipinski definition) is 0. The van der Waals surface area contributed by atoms with Crippen molar-refractivity contribution >= 4 is 0 Å². The summed E-state index contributed by atoms with van der Waals surface area (Å²) in [5.74, 6) is 0.977. The van der Waals surface area contributed by atoms with Crippen LogP contribution in [0.25, 0.3) is 0 Å². The summed E-state index contributed by atoms with van der Waals surface area (Å²) in [7, 11) is 0. The summed E-state index contributed by atoms with van der Waals surface area (Å²) in [4.78, 5) is 0. The van der Waals surface area contributed by atoms with Gasteiger partial charge in [-0.05, 0) is 48.9 Å². The van der Waals surface area contributed by atoms with Gasteiger partial charge in [0.1, 0.15) is 0 Å². The van der Waals surface area contributed by atoms with Crippen LogP contribution in [0.2, 0.25) is 0 Å². The second kappa shape index (κ2) is 3.00. The van der Waals surface area contributed by atoms with Crippen molar-refractivity contribution in [3.8, 4) is 0 Å². The van der Waals surface area contributed by atoms with Gasteiger partial charge in [-0.15, -0.1) is 0 Å². The topological polar surface area (TPSA) is 0 Å². The highest BCUT2D eigenvalue weighted by molar-refractivity contribution is 4.99. The predicted octanol–water partition coefficient (Wildman–Crippen LogP) is 4.39. The molecule has 0 aliphatic heterocycles. The molecule has 0 nitrogen and oxygen atoms in total. The van der Waals surface area contributed by atoms with Gasteiger partial charge in [0.25, 0.3) is 0 Å². The molecule has 0 aromatic rings. The molecule has 0 amide bonds. The molecule has 0 bridgehead atoms. The van der Waals surface area contributed by atoms with Crippen molar-refractivity contribution in [2.75, 3.05) is 0 Å². The second-order valence-electron chi connectivity index (χ2n) is 6.19. The van der Waals surface area contributed by atoms with Gasteiger partial charge in [0.05, 0.1) is 0 Å². The van der Waals surface area contributed by atoms with Crippen molar-refractivity contribution in [3.63, 3.8) is 0 Å². The van der Waals surface area contributed by atoms with Gasteiger partial charge in [0.2, 0.25) is 0 Å². The molecule has 2 atom stereocenters. The standard InChI is InChI=1S/C13H24/c1-4-12(3)9-11(2)5-6-13(10-12)7-8-13/h11H,4-10H2,1-3H3. The zero-order valence-electron chi connectivity index (χ0n) is 9.53. The van der Waals surface area contributed by atoms with Crippen LogP contribution in [0.1, 0.15) is 65.7 Å². The van der Waals surface area contributed by atoms with Crippen LogP contribution in [-0.2, 0) is 0 Å². The normalized spacial score (nSPS) is 43.2. The molecule has 0 aromatic carbocycles. The maximum absolute atomic E-state index is 2.52. The third-order valence-corrected chi connectivity index (χ3v) is 4.62. The summed E-state index contributed by atoms with van der Waals surface area (Å²) in [6.45, 7) is 7.36. The van der Waals surface area contributed by atoms with Gasteiger partial charge in [-0.1, -0.05) is 33.6 Å². The smallest absolute Gasteiger partial charge is 0.0292 e. The number of rotatable bonds is 1. The minimum absolute atomic E-state index is 0.673. The molecule has 2 fully saturated rings. The van der Waals surface area contributed by atoms with Crippen LogP contribution < -0.4 is 0 Å². The Morgan fingerprint density at radius 3 is 2.46 bits per heavy atom. The molecule has 2 aliphatic carbocycles. The summed E-state index contributed by atoms with van der Waals surface area (Å²) in [5.41, 5.74) is 1.50. The monoisotopic (exact) mass is 180 g/mol. The maximum Gasteiger partial charge on any atom is -0.0292 e. The Hall–Kier alpha value is 0. The quantitative estimate of drug-likeness (QED) is 0.561. The van der Waals surface area contributed by atoms with E-state index in [1.165, 1.54) is 44.9 Å². The molecule has 2 rings (SSSR count). The molecule has 2 aliphatic rings. The average molecular weight is 180 g/mol. The molecular formula is C13H24. The second-order valence-corrected chi connectivity index (χ2v) is 6.19. The SMILES string of the molecule is CCC1(C)CC(C)CCC2(CC2)C1. The molecule has 0 heteroatoms. The van der Waals surface area contributed by atoms with Gasteiger partial charge in [-0.2, -0.15) is 0 Å². The van der Waals surface area contributed by atoms with Crippen LogP contribution in [0.15, 0.2) is 0 Å². The van der Waals surface area contributed by atoms with Gasteiger partial charge in [-0.3, -0.25) is 0 Å². The molecule has 0 aromatic heterocycles. The van der Waals surface area contributed by atoms with Crippen LogP contribution in [0.4, 0.5) is 0 Å². The Morgan fingerprint density at radius 2 is 1.92 bits per heavy atom. The highest BCUT2D eigenvalue weighted by Crippen LogP contribution is 2.60. The van der Waals surface area contributed by atoms with Gasteiger partial charge < -0.3 is 0 Å². The Kier molecular flexibility index (Phi) is 2.20. The van der Waals surface area contributed by atoms with Crippen molar-refractivity contribution in [3.05, 3.63) is 0 Å². The Labute approximate surface area is 83.1 Å². The third-order valence-electron chi connectivity index (χ3n) is 4.62. The van der Waals surface area contributed by atoms with Gasteiger partial charge in [-0.25, -0.2) is 0 Å². The predicted molar refractivity (Wildman–Crippen MR) is 57.7 cm³/mol. The van der Waals surface area contributed by atoms with E-state index in [-0.39, 0.29) is 0 Å². The molecule has 0 saturated heterocycles. The van der Waals surface area contributed by atoms with E-state index in [4.69, 9.17) is 0 Å². The zero-order valence-corrected chi connectivity index (χ0v) is 9.53. The minimum atomic E-state index is 0.673. The van der Waals surface area contributed by atoms with E-state index in [2.05, 4.69) is 20.8 Å². The highest BCUT2D eigenvalue weighted by Gasteiger charge is 2.48. The largest absolute Gasteiger partial charge is 0.0649 e. The lowest BCUT2D eigenvalue weighted by molar-refractivity contribution is 0.203. The summed E-state index contributed by atoms with van der Waals surface area (Å²) in [5, 5.41) is 0. The van der Waals surface area contributed by atoms with E-state index in [1.807, 2.05) is 0 Å². The van der Waals surface area contributed by atoms with E-state index in [0.29, 0.717) is 5.41 Å². The fourth-order valence-electron chi connectivity index (χ4n) is 3.43. The maximum atomic E-state index is 2.52. The van der Waals surface area contributed by atoms with E-state index in [9.17, 15) is 0 Å². The summed E-state index contributed by atoms with van der Waals surface area (Å²) >= 11 is 0. The lowest BCUT2D eigenvalue weighted by atomic mass is 9.74. The van der Waals surface area contributed by atoms with Crippen molar-refractivity contribution in [1.82, 2.24) is 0 Å². The zero-order chi connectivity index (χ0) is 9.53. The first-order chi connectivity index (χ1) is 6.08. The van der Waals surface area contributed by atoms with E-state index in [0.717, 1.165) is 11.3 Å². The summed E-state index contributed by atoms with van der Waals surface area (Å²) in [6.07, 6.45) is 10.5.